The summed E-state index contributed by atoms with van der Waals surface area (Å²) in [6, 6.07) is 9.14. The van der Waals surface area contributed by atoms with E-state index < -0.39 is 25.8 Å². The van der Waals surface area contributed by atoms with E-state index in [9.17, 15) is 28.6 Å². The number of furan rings is 1. The third-order valence-corrected chi connectivity index (χ3v) is 5.53. The van der Waals surface area contributed by atoms with Crippen molar-refractivity contribution in [2.75, 3.05) is 11.6 Å². The maximum absolute atomic E-state index is 12.3. The highest BCUT2D eigenvalue weighted by atomic mass is 32.2. The SMILES string of the molecule is Cc1ccc([N+](=O)[O-])cc1-c1ccc(C=C(C#N)C(=O)Nc2nc(S(C)(=O)=O)ns2)o1. The Morgan fingerprint density at radius 1 is 1.35 bits per heavy atom. The molecule has 0 aliphatic carbocycles. The number of anilines is 1. The summed E-state index contributed by atoms with van der Waals surface area (Å²) in [5.74, 6) is -0.336. The maximum atomic E-state index is 12.3. The molecule has 0 atom stereocenters. The summed E-state index contributed by atoms with van der Waals surface area (Å²) in [6.45, 7) is 1.76. The van der Waals surface area contributed by atoms with Crippen molar-refractivity contribution in [1.82, 2.24) is 9.36 Å². The van der Waals surface area contributed by atoms with Gasteiger partial charge in [0.25, 0.3) is 16.8 Å². The minimum absolute atomic E-state index is 0.0843. The molecule has 158 valence electrons. The molecule has 13 heteroatoms. The summed E-state index contributed by atoms with van der Waals surface area (Å²) in [4.78, 5) is 26.5. The van der Waals surface area contributed by atoms with Crippen molar-refractivity contribution in [2.45, 2.75) is 12.1 Å². The Morgan fingerprint density at radius 2 is 2.10 bits per heavy atom. The van der Waals surface area contributed by atoms with E-state index >= 15 is 0 Å². The molecule has 1 N–H and O–H groups in total. The lowest BCUT2D eigenvalue weighted by Gasteiger charge is -2.02. The van der Waals surface area contributed by atoms with E-state index in [0.29, 0.717) is 22.9 Å². The Kier molecular flexibility index (Phi) is 5.95. The fourth-order valence-electron chi connectivity index (χ4n) is 2.43. The molecule has 0 saturated heterocycles. The highest BCUT2D eigenvalue weighted by Gasteiger charge is 2.18. The summed E-state index contributed by atoms with van der Waals surface area (Å²) in [5, 5.41) is 22.1. The summed E-state index contributed by atoms with van der Waals surface area (Å²) >= 11 is 0.658. The molecule has 11 nitrogen and oxygen atoms in total. The van der Waals surface area contributed by atoms with Crippen molar-refractivity contribution >= 4 is 44.2 Å². The highest BCUT2D eigenvalue weighted by molar-refractivity contribution is 7.90. The highest BCUT2D eigenvalue weighted by Crippen LogP contribution is 2.30. The Morgan fingerprint density at radius 3 is 2.71 bits per heavy atom. The fourth-order valence-corrected chi connectivity index (χ4v) is 3.87. The van der Waals surface area contributed by atoms with Gasteiger partial charge in [-0.2, -0.15) is 14.6 Å². The van der Waals surface area contributed by atoms with Crippen molar-refractivity contribution in [3.05, 3.63) is 57.3 Å². The molecule has 2 heterocycles. The lowest BCUT2D eigenvalue weighted by atomic mass is 10.1. The molecular weight excluding hydrogens is 446 g/mol. The van der Waals surface area contributed by atoms with Gasteiger partial charge in [-0.25, -0.2) is 8.42 Å². The number of nitro groups is 1. The van der Waals surface area contributed by atoms with Crippen molar-refractivity contribution in [3.63, 3.8) is 0 Å². The van der Waals surface area contributed by atoms with Crippen LogP contribution in [0.3, 0.4) is 0 Å². The Balaban J connectivity index is 1.84. The molecule has 3 rings (SSSR count). The minimum Gasteiger partial charge on any atom is -0.457 e. The van der Waals surface area contributed by atoms with E-state index in [1.165, 1.54) is 24.3 Å². The molecule has 2 aromatic heterocycles. The average molecular weight is 459 g/mol. The number of benzene rings is 1. The average Bonchev–Trinajstić information content (AvgIpc) is 3.35. The summed E-state index contributed by atoms with van der Waals surface area (Å²) in [7, 11) is -3.63. The number of sulfone groups is 1. The first-order chi connectivity index (χ1) is 14.6. The third kappa shape index (κ3) is 5.00. The van der Waals surface area contributed by atoms with Crippen molar-refractivity contribution < 1.29 is 22.6 Å². The molecule has 0 unspecified atom stereocenters. The van der Waals surface area contributed by atoms with Gasteiger partial charge in [0, 0.05) is 41.6 Å². The number of hydrogen-bond donors (Lipinski definition) is 1. The molecule has 0 bridgehead atoms. The van der Waals surface area contributed by atoms with E-state index in [1.807, 2.05) is 0 Å². The molecule has 0 aliphatic heterocycles. The first-order valence-corrected chi connectivity index (χ1v) is 11.1. The standard InChI is InChI=1S/C18H13N5O6S2/c1-10-3-4-12(23(25)26)8-14(10)15-6-5-13(29-15)7-11(9-19)16(24)20-17-21-18(22-30-17)31(2,27)28/h3-8H,1-2H3,(H,20,21,22,24). The first kappa shape index (κ1) is 21.8. The van der Waals surface area contributed by atoms with Crippen molar-refractivity contribution in [1.29, 1.82) is 5.26 Å². The molecule has 3 aromatic rings. The van der Waals surface area contributed by atoms with Gasteiger partial charge in [0.15, 0.2) is 0 Å². The van der Waals surface area contributed by atoms with Gasteiger partial charge >= 0.3 is 0 Å². The number of nitro benzene ring substituents is 1. The zero-order valence-corrected chi connectivity index (χ0v) is 17.7. The number of non-ortho nitro benzene ring substituents is 1. The van der Waals surface area contributed by atoms with Gasteiger partial charge in [-0.1, -0.05) is 6.07 Å². The van der Waals surface area contributed by atoms with Crippen LogP contribution >= 0.6 is 11.5 Å². The predicted octanol–water partition coefficient (Wildman–Crippen LogP) is 2.96. The van der Waals surface area contributed by atoms with Gasteiger partial charge < -0.3 is 4.42 Å². The number of nitriles is 1. The number of carbonyl (C=O) groups excluding carboxylic acids is 1. The molecule has 31 heavy (non-hydrogen) atoms. The van der Waals surface area contributed by atoms with Crippen LogP contribution in [0.5, 0.6) is 0 Å². The van der Waals surface area contributed by atoms with Crippen molar-refractivity contribution in [2.24, 2.45) is 0 Å². The van der Waals surface area contributed by atoms with Gasteiger partial charge in [-0.3, -0.25) is 20.2 Å². The van der Waals surface area contributed by atoms with Gasteiger partial charge in [0.05, 0.1) is 4.92 Å². The number of aryl methyl sites for hydroxylation is 1. The van der Waals surface area contributed by atoms with Gasteiger partial charge in [-0.15, -0.1) is 0 Å². The second kappa shape index (κ2) is 8.46. The molecule has 1 amide bonds. The minimum atomic E-state index is -3.63. The molecule has 0 fully saturated rings. The zero-order chi connectivity index (χ0) is 22.8. The Bertz CT molecular complexity index is 1360. The number of carbonyl (C=O) groups is 1. The Labute approximate surface area is 179 Å². The number of nitrogens with zero attached hydrogens (tertiary/aromatic N) is 4. The summed E-state index contributed by atoms with van der Waals surface area (Å²) < 4.78 is 32.1. The van der Waals surface area contributed by atoms with Gasteiger partial charge in [0.2, 0.25) is 15.0 Å². The van der Waals surface area contributed by atoms with Crippen LogP contribution in [0, 0.1) is 28.4 Å². The van der Waals surface area contributed by atoms with E-state index in [0.717, 1.165) is 11.8 Å². The number of aromatic nitrogens is 2. The molecule has 1 aromatic carbocycles. The van der Waals surface area contributed by atoms with Crippen LogP contribution in [0.15, 0.2) is 45.5 Å². The smallest absolute Gasteiger partial charge is 0.270 e. The van der Waals surface area contributed by atoms with Crippen LogP contribution < -0.4 is 5.32 Å². The van der Waals surface area contributed by atoms with Crippen LogP contribution in [0.4, 0.5) is 10.8 Å². The van der Waals surface area contributed by atoms with E-state index in [4.69, 9.17) is 4.42 Å². The van der Waals surface area contributed by atoms with Crippen molar-refractivity contribution in [3.8, 4) is 17.4 Å². The van der Waals surface area contributed by atoms with Gasteiger partial charge in [0.1, 0.15) is 23.2 Å². The molecular formula is C18H13N5O6S2. The van der Waals surface area contributed by atoms with E-state index in [2.05, 4.69) is 14.7 Å². The second-order valence-corrected chi connectivity index (χ2v) is 8.90. The van der Waals surface area contributed by atoms with Crippen LogP contribution in [0.2, 0.25) is 0 Å². The summed E-state index contributed by atoms with van der Waals surface area (Å²) in [5.41, 5.74) is 0.815. The number of rotatable bonds is 6. The normalized spacial score (nSPS) is 11.7. The van der Waals surface area contributed by atoms with Gasteiger partial charge in [-0.05, 0) is 24.6 Å². The van der Waals surface area contributed by atoms with Crippen LogP contribution in [0.1, 0.15) is 11.3 Å². The largest absolute Gasteiger partial charge is 0.457 e. The number of nitrogens with one attached hydrogen (secondary N) is 1. The lowest BCUT2D eigenvalue weighted by Crippen LogP contribution is -2.13. The molecule has 0 spiro atoms. The van der Waals surface area contributed by atoms with Crippen LogP contribution in [-0.4, -0.2) is 34.9 Å². The number of hydrogen-bond acceptors (Lipinski definition) is 10. The van der Waals surface area contributed by atoms with E-state index in [-0.39, 0.29) is 22.2 Å². The maximum Gasteiger partial charge on any atom is 0.270 e. The van der Waals surface area contributed by atoms with Crippen LogP contribution in [0.25, 0.3) is 17.4 Å². The molecule has 0 radical (unpaired) electrons. The fraction of sp³-hybridized carbons (Fsp3) is 0.111. The quantitative estimate of drug-likeness (QED) is 0.252. The molecule has 0 aliphatic rings. The van der Waals surface area contributed by atoms with Crippen LogP contribution in [-0.2, 0) is 14.6 Å². The summed E-state index contributed by atoms with van der Waals surface area (Å²) in [6.07, 6.45) is 2.11. The third-order valence-electron chi connectivity index (χ3n) is 3.94. The second-order valence-electron chi connectivity index (χ2n) is 6.24. The topological polar surface area (TPSA) is 169 Å². The predicted molar refractivity (Wildman–Crippen MR) is 111 cm³/mol. The monoisotopic (exact) mass is 459 g/mol. The first-order valence-electron chi connectivity index (χ1n) is 8.40. The lowest BCUT2D eigenvalue weighted by molar-refractivity contribution is -0.384. The van der Waals surface area contributed by atoms with E-state index in [1.54, 1.807) is 25.1 Å². The molecule has 0 saturated carbocycles. The Hall–Kier alpha value is -3.89. The number of amides is 1. The zero-order valence-electron chi connectivity index (χ0n) is 16.0.